The molecular weight excluding hydrogens is 550 g/mol. The van der Waals surface area contributed by atoms with Crippen molar-refractivity contribution in [2.45, 2.75) is 19.0 Å². The molecule has 0 saturated heterocycles. The lowest BCUT2D eigenvalue weighted by Gasteiger charge is -2.13. The second-order valence-electron chi connectivity index (χ2n) is 8.27. The molecule has 0 radical (unpaired) electrons. The summed E-state index contributed by atoms with van der Waals surface area (Å²) in [5.74, 6) is -0.565. The lowest BCUT2D eigenvalue weighted by molar-refractivity contribution is -0.137. The summed E-state index contributed by atoms with van der Waals surface area (Å²) in [6, 6.07) is 8.59. The van der Waals surface area contributed by atoms with Crippen molar-refractivity contribution >= 4 is 61.7 Å². The minimum Gasteiger partial charge on any atom is -0.439 e. The van der Waals surface area contributed by atoms with E-state index in [9.17, 15) is 27.2 Å². The highest BCUT2D eigenvalue weighted by molar-refractivity contribution is 7.21. The molecule has 2 aromatic carbocycles. The number of ether oxygens (including phenoxy) is 1. The van der Waals surface area contributed by atoms with E-state index in [4.69, 9.17) is 16.3 Å². The summed E-state index contributed by atoms with van der Waals surface area (Å²) >= 11 is 6.76. The molecule has 5 rings (SSSR count). The van der Waals surface area contributed by atoms with Crippen LogP contribution in [-0.2, 0) is 11.0 Å². The Morgan fingerprint density at radius 1 is 1.00 bits per heavy atom. The van der Waals surface area contributed by atoms with E-state index in [1.54, 1.807) is 6.07 Å². The number of anilines is 3. The standard InChI is InChI=1S/C24H16ClF4N5O3S/c25-15-5-3-12(9-14(15)24(27,28)29)30-22(36)31-18-10-13(4-6-16(18)26)37-19-8-7-17-21(33-19)38-23(32-17)34-20(35)11-1-2-11/h3-11H,1-2H2,(H2,30,31,36)(H,32,34,35). The molecule has 38 heavy (non-hydrogen) atoms. The predicted molar refractivity (Wildman–Crippen MR) is 134 cm³/mol. The van der Waals surface area contributed by atoms with Gasteiger partial charge < -0.3 is 20.7 Å². The molecule has 0 spiro atoms. The Kier molecular flexibility index (Phi) is 6.80. The third-order valence-corrected chi connectivity index (χ3v) is 6.56. The monoisotopic (exact) mass is 565 g/mol. The van der Waals surface area contributed by atoms with Crippen molar-refractivity contribution in [3.63, 3.8) is 0 Å². The number of pyridine rings is 1. The highest BCUT2D eigenvalue weighted by Gasteiger charge is 2.33. The highest BCUT2D eigenvalue weighted by Crippen LogP contribution is 2.36. The van der Waals surface area contributed by atoms with Crippen molar-refractivity contribution in [3.8, 4) is 11.6 Å². The molecular formula is C24H16ClF4N5O3S. The van der Waals surface area contributed by atoms with Gasteiger partial charge in [0.15, 0.2) is 5.13 Å². The summed E-state index contributed by atoms with van der Waals surface area (Å²) in [5, 5.41) is 7.10. The molecule has 0 atom stereocenters. The van der Waals surface area contributed by atoms with Crippen LogP contribution in [0.4, 0.5) is 38.9 Å². The number of fused-ring (bicyclic) bond motifs is 1. The molecule has 4 aromatic rings. The topological polar surface area (TPSA) is 105 Å². The van der Waals surface area contributed by atoms with Crippen molar-refractivity contribution in [3.05, 3.63) is 64.9 Å². The zero-order chi connectivity index (χ0) is 27.0. The van der Waals surface area contributed by atoms with Crippen molar-refractivity contribution < 1.29 is 31.9 Å². The number of rotatable bonds is 6. The number of alkyl halides is 3. The van der Waals surface area contributed by atoms with Crippen molar-refractivity contribution in [2.24, 2.45) is 5.92 Å². The third kappa shape index (κ3) is 5.94. The molecule has 0 unspecified atom stereocenters. The van der Waals surface area contributed by atoms with Crippen molar-refractivity contribution in [1.82, 2.24) is 9.97 Å². The van der Waals surface area contributed by atoms with Gasteiger partial charge in [-0.2, -0.15) is 13.2 Å². The van der Waals surface area contributed by atoms with Gasteiger partial charge in [0.05, 0.1) is 16.3 Å². The molecule has 3 N–H and O–H groups in total. The maximum Gasteiger partial charge on any atom is 0.417 e. The summed E-state index contributed by atoms with van der Waals surface area (Å²) in [4.78, 5) is 33.5. The van der Waals surface area contributed by atoms with Crippen LogP contribution < -0.4 is 20.7 Å². The summed E-state index contributed by atoms with van der Waals surface area (Å²) < 4.78 is 59.2. The van der Waals surface area contributed by atoms with E-state index in [1.807, 2.05) is 0 Å². The number of nitrogens with zero attached hydrogens (tertiary/aromatic N) is 2. The Balaban J connectivity index is 1.27. The molecule has 1 fully saturated rings. The number of carbonyl (C=O) groups is 2. The average Bonchev–Trinajstić information content (AvgIpc) is 3.62. The number of hydrogen-bond donors (Lipinski definition) is 3. The van der Waals surface area contributed by atoms with Gasteiger partial charge in [-0.05, 0) is 49.2 Å². The third-order valence-electron chi connectivity index (χ3n) is 5.35. The molecule has 0 bridgehead atoms. The highest BCUT2D eigenvalue weighted by atomic mass is 35.5. The quantitative estimate of drug-likeness (QED) is 0.213. The molecule has 1 aliphatic rings. The Morgan fingerprint density at radius 3 is 2.53 bits per heavy atom. The minimum atomic E-state index is -4.72. The molecule has 1 aliphatic carbocycles. The Morgan fingerprint density at radius 2 is 1.79 bits per heavy atom. The maximum absolute atomic E-state index is 14.3. The average molecular weight is 566 g/mol. The van der Waals surface area contributed by atoms with E-state index in [0.29, 0.717) is 21.5 Å². The Labute approximate surface area is 221 Å². The first-order chi connectivity index (χ1) is 18.0. The fraction of sp³-hybridized carbons (Fsp3) is 0.167. The molecule has 14 heteroatoms. The molecule has 0 aliphatic heterocycles. The first-order valence-electron chi connectivity index (χ1n) is 11.1. The summed E-state index contributed by atoms with van der Waals surface area (Å²) in [7, 11) is 0. The van der Waals surface area contributed by atoms with Crippen LogP contribution in [0, 0.1) is 11.7 Å². The molecule has 3 amide bonds. The number of benzene rings is 2. The summed E-state index contributed by atoms with van der Waals surface area (Å²) in [6.07, 6.45) is -2.99. The number of carbonyl (C=O) groups excluding carboxylic acids is 2. The van der Waals surface area contributed by atoms with Crippen LogP contribution in [0.15, 0.2) is 48.5 Å². The Bertz CT molecular complexity index is 1560. The minimum absolute atomic E-state index is 0.0285. The molecule has 2 heterocycles. The lowest BCUT2D eigenvalue weighted by Crippen LogP contribution is -2.20. The second kappa shape index (κ2) is 10.1. The molecule has 196 valence electrons. The van der Waals surface area contributed by atoms with E-state index >= 15 is 0 Å². The fourth-order valence-corrected chi connectivity index (χ4v) is 4.41. The first-order valence-corrected chi connectivity index (χ1v) is 12.3. The fourth-order valence-electron chi connectivity index (χ4n) is 3.35. The van der Waals surface area contributed by atoms with E-state index in [0.717, 1.165) is 25.0 Å². The number of nitrogens with one attached hydrogen (secondary N) is 3. The number of thiazole rings is 1. The van der Waals surface area contributed by atoms with Crippen LogP contribution in [-0.4, -0.2) is 21.9 Å². The Hall–Kier alpha value is -3.97. The van der Waals surface area contributed by atoms with Crippen LogP contribution in [0.5, 0.6) is 11.6 Å². The number of hydrogen-bond acceptors (Lipinski definition) is 6. The SMILES string of the molecule is O=C(Nc1ccc(Cl)c(C(F)(F)F)c1)Nc1cc(Oc2ccc3nc(NC(=O)C4CC4)sc3n2)ccc1F. The molecule has 2 aromatic heterocycles. The van der Waals surface area contributed by atoms with Gasteiger partial charge in [0.25, 0.3) is 0 Å². The number of halogens is 5. The normalized spacial score (nSPS) is 13.3. The van der Waals surface area contributed by atoms with Crippen molar-refractivity contribution in [2.75, 3.05) is 16.0 Å². The largest absolute Gasteiger partial charge is 0.439 e. The van der Waals surface area contributed by atoms with E-state index in [-0.39, 0.29) is 34.8 Å². The van der Waals surface area contributed by atoms with Gasteiger partial charge in [0, 0.05) is 23.7 Å². The zero-order valence-corrected chi connectivity index (χ0v) is 20.6. The number of urea groups is 1. The zero-order valence-electron chi connectivity index (χ0n) is 19.0. The van der Waals surface area contributed by atoms with Gasteiger partial charge in [-0.15, -0.1) is 0 Å². The van der Waals surface area contributed by atoms with E-state index in [2.05, 4.69) is 25.9 Å². The van der Waals surface area contributed by atoms with Crippen LogP contribution >= 0.6 is 22.9 Å². The number of aromatic nitrogens is 2. The van der Waals surface area contributed by atoms with Crippen LogP contribution in [0.1, 0.15) is 18.4 Å². The second-order valence-corrected chi connectivity index (χ2v) is 9.66. The predicted octanol–water partition coefficient (Wildman–Crippen LogP) is 7.29. The van der Waals surface area contributed by atoms with Crippen molar-refractivity contribution in [1.29, 1.82) is 0 Å². The lowest BCUT2D eigenvalue weighted by atomic mass is 10.2. The van der Waals surface area contributed by atoms with Crippen LogP contribution in [0.2, 0.25) is 5.02 Å². The molecule has 8 nitrogen and oxygen atoms in total. The smallest absolute Gasteiger partial charge is 0.417 e. The van der Waals surface area contributed by atoms with Gasteiger partial charge in [-0.1, -0.05) is 22.9 Å². The van der Waals surface area contributed by atoms with Crippen LogP contribution in [0.3, 0.4) is 0 Å². The maximum atomic E-state index is 14.3. The van der Waals surface area contributed by atoms with Gasteiger partial charge >= 0.3 is 12.2 Å². The summed E-state index contributed by atoms with van der Waals surface area (Å²) in [5.41, 5.74) is -1.04. The van der Waals surface area contributed by atoms with E-state index in [1.165, 1.54) is 35.6 Å². The van der Waals surface area contributed by atoms with Gasteiger partial charge in [0.2, 0.25) is 11.8 Å². The number of amides is 3. The van der Waals surface area contributed by atoms with E-state index < -0.39 is 28.6 Å². The van der Waals surface area contributed by atoms with Gasteiger partial charge in [-0.3, -0.25) is 4.79 Å². The van der Waals surface area contributed by atoms with Crippen LogP contribution in [0.25, 0.3) is 10.3 Å². The summed E-state index contributed by atoms with van der Waals surface area (Å²) in [6.45, 7) is 0. The van der Waals surface area contributed by atoms with Gasteiger partial charge in [-0.25, -0.2) is 19.2 Å². The molecule has 1 saturated carbocycles. The van der Waals surface area contributed by atoms with Gasteiger partial charge in [0.1, 0.15) is 21.9 Å². The first kappa shape index (κ1) is 25.7.